The van der Waals surface area contributed by atoms with E-state index in [0.29, 0.717) is 23.6 Å². The fraction of sp³-hybridized carbons (Fsp3) is 0.500. The van der Waals surface area contributed by atoms with Crippen LogP contribution in [-0.4, -0.2) is 76.6 Å². The Morgan fingerprint density at radius 2 is 1.93 bits per heavy atom. The summed E-state index contributed by atoms with van der Waals surface area (Å²) in [5, 5.41) is 3.60. The number of piperazine rings is 1. The number of ether oxygens (including phenoxy) is 4. The van der Waals surface area contributed by atoms with Gasteiger partial charge in [-0.25, -0.2) is 14.6 Å². The predicted molar refractivity (Wildman–Crippen MR) is 152 cm³/mol. The Labute approximate surface area is 241 Å². The van der Waals surface area contributed by atoms with Crippen LogP contribution in [-0.2, 0) is 11.3 Å². The third-order valence-electron chi connectivity index (χ3n) is 7.37. The third-order valence-corrected chi connectivity index (χ3v) is 7.56. The Bertz CT molecular complexity index is 1580. The summed E-state index contributed by atoms with van der Waals surface area (Å²) in [6, 6.07) is 6.37. The molecule has 1 unspecified atom stereocenters. The van der Waals surface area contributed by atoms with Crippen molar-refractivity contribution in [2.24, 2.45) is 0 Å². The van der Waals surface area contributed by atoms with E-state index >= 15 is 0 Å². The molecule has 1 amide bonds. The van der Waals surface area contributed by atoms with E-state index in [1.165, 1.54) is 17.7 Å². The minimum atomic E-state index is -0.643. The number of methoxy groups -OCH3 is 2. The zero-order valence-electron chi connectivity index (χ0n) is 23.7. The highest BCUT2D eigenvalue weighted by molar-refractivity contribution is 6.30. The van der Waals surface area contributed by atoms with Gasteiger partial charge in [-0.3, -0.25) is 19.2 Å². The number of amides is 1. The first kappa shape index (κ1) is 28.7. The van der Waals surface area contributed by atoms with Gasteiger partial charge in [0, 0.05) is 30.3 Å². The molecular weight excluding hydrogens is 554 g/mol. The molecule has 2 N–H and O–H groups in total. The van der Waals surface area contributed by atoms with Crippen molar-refractivity contribution < 1.29 is 23.7 Å². The highest BCUT2D eigenvalue weighted by atomic mass is 35.5. The van der Waals surface area contributed by atoms with E-state index in [4.69, 9.17) is 30.5 Å². The van der Waals surface area contributed by atoms with Crippen LogP contribution in [0.3, 0.4) is 0 Å². The highest BCUT2D eigenvalue weighted by Crippen LogP contribution is 2.33. The number of H-pyrrole nitrogens is 1. The topological polar surface area (TPSA) is 137 Å². The normalized spacial score (nSPS) is 20.2. The van der Waals surface area contributed by atoms with Crippen LogP contribution in [0.1, 0.15) is 39.2 Å². The van der Waals surface area contributed by atoms with Crippen molar-refractivity contribution in [1.29, 1.82) is 0 Å². The first-order valence-corrected chi connectivity index (χ1v) is 13.8. The highest BCUT2D eigenvalue weighted by Gasteiger charge is 2.46. The number of aromatic nitrogens is 3. The van der Waals surface area contributed by atoms with Crippen LogP contribution in [0.2, 0.25) is 5.15 Å². The van der Waals surface area contributed by atoms with Crippen molar-refractivity contribution in [3.05, 3.63) is 55.8 Å². The van der Waals surface area contributed by atoms with Gasteiger partial charge in [0.2, 0.25) is 5.88 Å². The van der Waals surface area contributed by atoms with E-state index in [9.17, 15) is 14.4 Å². The van der Waals surface area contributed by atoms with Crippen LogP contribution in [0.25, 0.3) is 10.9 Å². The van der Waals surface area contributed by atoms with Crippen LogP contribution in [0.4, 0.5) is 4.79 Å². The van der Waals surface area contributed by atoms with Crippen molar-refractivity contribution in [2.75, 3.05) is 27.4 Å². The molecule has 0 saturated carbocycles. The Morgan fingerprint density at radius 1 is 1.15 bits per heavy atom. The second kappa shape index (κ2) is 11.2. The molecule has 2 aliphatic heterocycles. The molecule has 12 nitrogen and oxygen atoms in total. The SMILES string of the molecule is COc1ccc(Cn2c(=O)[nH]c(=O)c3c(OCC4NC[C@@H]5CC[C@H]4N5C(=O)OC(C)(C)C)nc(Cl)cc32)c(OC)c1. The van der Waals surface area contributed by atoms with Crippen LogP contribution in [0.15, 0.2) is 33.9 Å². The smallest absolute Gasteiger partial charge is 0.410 e. The average Bonchev–Trinajstić information content (AvgIpc) is 3.23. The van der Waals surface area contributed by atoms with E-state index in [1.807, 2.05) is 20.8 Å². The van der Waals surface area contributed by atoms with Crippen molar-refractivity contribution in [1.82, 2.24) is 24.8 Å². The maximum atomic E-state index is 13.0. The molecule has 2 fully saturated rings. The Kier molecular flexibility index (Phi) is 7.89. The molecule has 3 aromatic rings. The second-order valence-electron chi connectivity index (χ2n) is 11.2. The number of fused-ring (bicyclic) bond motifs is 3. The lowest BCUT2D eigenvalue weighted by molar-refractivity contribution is 0.00115. The first-order valence-electron chi connectivity index (χ1n) is 13.4. The zero-order valence-corrected chi connectivity index (χ0v) is 24.4. The fourth-order valence-corrected chi connectivity index (χ4v) is 5.71. The lowest BCUT2D eigenvalue weighted by Gasteiger charge is -2.40. The molecule has 0 aliphatic carbocycles. The van der Waals surface area contributed by atoms with Gasteiger partial charge in [0.1, 0.15) is 34.2 Å². The maximum Gasteiger partial charge on any atom is 0.410 e. The number of benzene rings is 1. The maximum absolute atomic E-state index is 13.0. The van der Waals surface area contributed by atoms with Crippen LogP contribution in [0, 0.1) is 0 Å². The van der Waals surface area contributed by atoms with Gasteiger partial charge in [-0.2, -0.15) is 0 Å². The molecule has 0 spiro atoms. The number of hydrogen-bond donors (Lipinski definition) is 2. The van der Waals surface area contributed by atoms with Gasteiger partial charge in [0.25, 0.3) is 5.56 Å². The van der Waals surface area contributed by atoms with Crippen molar-refractivity contribution in [2.45, 2.75) is 63.9 Å². The minimum Gasteiger partial charge on any atom is -0.497 e. The number of halogens is 1. The average molecular weight is 588 g/mol. The molecule has 41 heavy (non-hydrogen) atoms. The summed E-state index contributed by atoms with van der Waals surface area (Å²) in [5.41, 5.74) is -0.922. The summed E-state index contributed by atoms with van der Waals surface area (Å²) in [6.45, 7) is 6.31. The Balaban J connectivity index is 1.45. The number of rotatable bonds is 7. The molecule has 2 aromatic heterocycles. The van der Waals surface area contributed by atoms with E-state index in [0.717, 1.165) is 12.8 Å². The van der Waals surface area contributed by atoms with Gasteiger partial charge in [-0.05, 0) is 45.7 Å². The minimum absolute atomic E-state index is 0.00469. The lowest BCUT2D eigenvalue weighted by atomic mass is 10.1. The molecule has 1 aromatic carbocycles. The molecular formula is C28H34ClN5O7. The van der Waals surface area contributed by atoms with Crippen molar-refractivity contribution in [3.8, 4) is 17.4 Å². The molecule has 2 aliphatic rings. The summed E-state index contributed by atoms with van der Waals surface area (Å²) in [5.74, 6) is 1.11. The molecule has 0 radical (unpaired) electrons. The number of nitrogens with zero attached hydrogens (tertiary/aromatic N) is 3. The number of pyridine rings is 1. The summed E-state index contributed by atoms with van der Waals surface area (Å²) < 4.78 is 23.9. The lowest BCUT2D eigenvalue weighted by Crippen LogP contribution is -2.61. The zero-order chi connectivity index (χ0) is 29.5. The quantitative estimate of drug-likeness (QED) is 0.400. The third kappa shape index (κ3) is 5.84. The van der Waals surface area contributed by atoms with Gasteiger partial charge in [0.15, 0.2) is 0 Å². The number of nitrogens with one attached hydrogen (secondary N) is 2. The fourth-order valence-electron chi connectivity index (χ4n) is 5.53. The predicted octanol–water partition coefficient (Wildman–Crippen LogP) is 2.92. The summed E-state index contributed by atoms with van der Waals surface area (Å²) in [7, 11) is 3.07. The molecule has 2 saturated heterocycles. The van der Waals surface area contributed by atoms with Crippen molar-refractivity contribution >= 4 is 28.6 Å². The van der Waals surface area contributed by atoms with E-state index < -0.39 is 16.9 Å². The molecule has 13 heteroatoms. The standard InChI is InChI=1S/C28H34ClN5O7/c1-28(2,3)41-27(37)34-16-7-9-19(34)18(30-12-16)14-40-25-23-20(11-22(29)31-25)33(26(36)32-24(23)35)13-15-6-8-17(38-4)10-21(15)39-5/h6,8,10-11,16,18-19,30H,7,9,12-14H2,1-5H3,(H,32,35,36)/t16-,18?,19+/m0/s1. The number of carbonyl (C=O) groups is 1. The monoisotopic (exact) mass is 587 g/mol. The molecule has 2 bridgehead atoms. The van der Waals surface area contributed by atoms with E-state index in [-0.39, 0.29) is 59.3 Å². The van der Waals surface area contributed by atoms with E-state index in [2.05, 4.69) is 15.3 Å². The number of carbonyl (C=O) groups excluding carboxylic acids is 1. The van der Waals surface area contributed by atoms with Gasteiger partial charge in [-0.15, -0.1) is 0 Å². The second-order valence-corrected chi connectivity index (χ2v) is 11.6. The number of aromatic amines is 1. The van der Waals surface area contributed by atoms with Gasteiger partial charge in [-0.1, -0.05) is 11.6 Å². The van der Waals surface area contributed by atoms with Gasteiger partial charge in [0.05, 0.1) is 38.4 Å². The van der Waals surface area contributed by atoms with Crippen LogP contribution < -0.4 is 30.8 Å². The van der Waals surface area contributed by atoms with Gasteiger partial charge >= 0.3 is 11.8 Å². The molecule has 220 valence electrons. The summed E-state index contributed by atoms with van der Waals surface area (Å²) in [6.07, 6.45) is 1.29. The molecule has 3 atom stereocenters. The summed E-state index contributed by atoms with van der Waals surface area (Å²) >= 11 is 6.37. The van der Waals surface area contributed by atoms with Crippen LogP contribution in [0.5, 0.6) is 17.4 Å². The Morgan fingerprint density at radius 3 is 2.63 bits per heavy atom. The van der Waals surface area contributed by atoms with Gasteiger partial charge < -0.3 is 24.3 Å². The Hall–Kier alpha value is -3.77. The first-order chi connectivity index (χ1) is 19.5. The number of hydrogen-bond acceptors (Lipinski definition) is 9. The van der Waals surface area contributed by atoms with Crippen LogP contribution >= 0.6 is 11.6 Å². The van der Waals surface area contributed by atoms with Crippen molar-refractivity contribution in [3.63, 3.8) is 0 Å². The van der Waals surface area contributed by atoms with E-state index in [1.54, 1.807) is 30.2 Å². The molecule has 5 rings (SSSR count). The summed E-state index contributed by atoms with van der Waals surface area (Å²) in [4.78, 5) is 47.4. The molecule has 4 heterocycles. The largest absolute Gasteiger partial charge is 0.497 e.